The molecule has 0 radical (unpaired) electrons. The molecule has 0 spiro atoms. The Hall–Kier alpha value is -1.27. The van der Waals surface area contributed by atoms with Gasteiger partial charge in [-0.15, -0.1) is 0 Å². The molecule has 12 atom stereocenters. The summed E-state index contributed by atoms with van der Waals surface area (Å²) in [5.41, 5.74) is 0. The van der Waals surface area contributed by atoms with E-state index in [4.69, 9.17) is 18.9 Å². The van der Waals surface area contributed by atoms with E-state index >= 15 is 0 Å². The fourth-order valence-corrected chi connectivity index (χ4v) is 9.76. The minimum Gasteiger partial charge on any atom is -0.394 e. The molecule has 2 aliphatic rings. The maximum Gasteiger partial charge on any atom is 0.220 e. The standard InChI is InChI=1S/C56H107NO13/c1-3-5-7-9-11-13-15-16-17-18-19-20-21-22-23-24-25-26-27-28-29-30-32-34-36-38-40-48(61)57-44(45(60)39-37-35-33-31-14-12-10-8-6-4-2)43-67-55-53(66)51(64)54(47(42-59)69-55)70-56-52(65)50(63)49(62)46(41-58)68-56/h37,39,44-47,49-56,58-60,62-66H,3-36,38,40-43H2,1-2H3,(H,57,61)/b39-37+/t44-,45+,46+,47+,49-,50?,51?,52?,53?,54+,55+,56-/m0/s1. The molecule has 4 unspecified atom stereocenters. The van der Waals surface area contributed by atoms with Gasteiger partial charge in [-0.2, -0.15) is 0 Å². The van der Waals surface area contributed by atoms with Gasteiger partial charge in [0.1, 0.15) is 48.8 Å². The summed E-state index contributed by atoms with van der Waals surface area (Å²) in [4.78, 5) is 13.2. The lowest BCUT2D eigenvalue weighted by molar-refractivity contribution is -0.359. The molecule has 14 heteroatoms. The van der Waals surface area contributed by atoms with Gasteiger partial charge in [-0.1, -0.05) is 231 Å². The van der Waals surface area contributed by atoms with Gasteiger partial charge in [0.15, 0.2) is 12.6 Å². The van der Waals surface area contributed by atoms with Crippen LogP contribution in [0.1, 0.15) is 245 Å². The number of nitrogens with one attached hydrogen (secondary N) is 1. The molecular formula is C56H107NO13. The highest BCUT2D eigenvalue weighted by molar-refractivity contribution is 5.76. The average Bonchev–Trinajstić information content (AvgIpc) is 3.36. The van der Waals surface area contributed by atoms with Gasteiger partial charge in [0.2, 0.25) is 5.91 Å². The number of rotatable bonds is 46. The molecule has 0 aromatic carbocycles. The van der Waals surface area contributed by atoms with Crippen molar-refractivity contribution in [2.75, 3.05) is 19.8 Å². The highest BCUT2D eigenvalue weighted by Gasteiger charge is 2.51. The third-order valence-electron chi connectivity index (χ3n) is 14.5. The van der Waals surface area contributed by atoms with E-state index in [-0.39, 0.29) is 18.9 Å². The van der Waals surface area contributed by atoms with Crippen molar-refractivity contribution in [3.05, 3.63) is 12.2 Å². The Morgan fingerprint density at radius 1 is 0.500 bits per heavy atom. The molecule has 2 heterocycles. The Morgan fingerprint density at radius 3 is 1.31 bits per heavy atom. The van der Waals surface area contributed by atoms with Crippen LogP contribution >= 0.6 is 0 Å². The van der Waals surface area contributed by atoms with Crippen LogP contribution in [0.15, 0.2) is 12.2 Å². The average molecular weight is 1000 g/mol. The Balaban J connectivity index is 1.68. The van der Waals surface area contributed by atoms with Crippen LogP contribution in [0.2, 0.25) is 0 Å². The van der Waals surface area contributed by atoms with Gasteiger partial charge in [0.25, 0.3) is 0 Å². The summed E-state index contributed by atoms with van der Waals surface area (Å²) in [6, 6.07) is -0.907. The number of allylic oxidation sites excluding steroid dienone is 1. The first-order valence-electron chi connectivity index (χ1n) is 28.9. The Kier molecular flexibility index (Phi) is 39.9. The Labute approximate surface area is 425 Å². The van der Waals surface area contributed by atoms with E-state index in [1.54, 1.807) is 6.08 Å². The molecule has 2 rings (SSSR count). The summed E-state index contributed by atoms with van der Waals surface area (Å²) in [5, 5.41) is 86.8. The van der Waals surface area contributed by atoms with Gasteiger partial charge in [-0.3, -0.25) is 4.79 Å². The normalized spacial score (nSPS) is 26.0. The molecule has 0 aromatic rings. The maximum absolute atomic E-state index is 13.2. The van der Waals surface area contributed by atoms with E-state index in [9.17, 15) is 45.6 Å². The van der Waals surface area contributed by atoms with Gasteiger partial charge < -0.3 is 65.1 Å². The number of hydrogen-bond donors (Lipinski definition) is 9. The van der Waals surface area contributed by atoms with Crippen molar-refractivity contribution in [3.8, 4) is 0 Å². The maximum atomic E-state index is 13.2. The van der Waals surface area contributed by atoms with Gasteiger partial charge in [0.05, 0.1) is 32.0 Å². The summed E-state index contributed by atoms with van der Waals surface area (Å²) in [6.07, 6.45) is 31.4. The summed E-state index contributed by atoms with van der Waals surface area (Å²) >= 11 is 0. The van der Waals surface area contributed by atoms with Crippen molar-refractivity contribution in [2.45, 2.75) is 319 Å². The van der Waals surface area contributed by atoms with Crippen LogP contribution in [0.5, 0.6) is 0 Å². The zero-order valence-electron chi connectivity index (χ0n) is 44.3. The van der Waals surface area contributed by atoms with E-state index in [2.05, 4.69) is 19.2 Å². The lowest BCUT2D eigenvalue weighted by Crippen LogP contribution is -2.65. The van der Waals surface area contributed by atoms with E-state index in [1.165, 1.54) is 180 Å². The zero-order chi connectivity index (χ0) is 51.0. The second-order valence-corrected chi connectivity index (χ2v) is 20.8. The molecule has 2 saturated heterocycles. The quantitative estimate of drug-likeness (QED) is 0.0205. The number of amides is 1. The van der Waals surface area contributed by atoms with E-state index in [0.29, 0.717) is 6.42 Å². The van der Waals surface area contributed by atoms with Crippen molar-refractivity contribution in [2.24, 2.45) is 0 Å². The predicted molar refractivity (Wildman–Crippen MR) is 277 cm³/mol. The molecule has 1 amide bonds. The fraction of sp³-hybridized carbons (Fsp3) is 0.946. The second-order valence-electron chi connectivity index (χ2n) is 20.8. The fourth-order valence-electron chi connectivity index (χ4n) is 9.76. The first-order chi connectivity index (χ1) is 34.1. The van der Waals surface area contributed by atoms with Crippen LogP contribution in [0, 0.1) is 0 Å². The van der Waals surface area contributed by atoms with Crippen LogP contribution in [0.3, 0.4) is 0 Å². The topological polar surface area (TPSA) is 228 Å². The van der Waals surface area contributed by atoms with Gasteiger partial charge >= 0.3 is 0 Å². The molecule has 9 N–H and O–H groups in total. The minimum atomic E-state index is -1.78. The number of ether oxygens (including phenoxy) is 4. The summed E-state index contributed by atoms with van der Waals surface area (Å²) in [6.45, 7) is 2.79. The first kappa shape index (κ1) is 64.8. The summed E-state index contributed by atoms with van der Waals surface area (Å²) in [7, 11) is 0. The summed E-state index contributed by atoms with van der Waals surface area (Å²) in [5.74, 6) is -0.236. The molecule has 14 nitrogen and oxygen atoms in total. The van der Waals surface area contributed by atoms with Gasteiger partial charge in [-0.25, -0.2) is 0 Å². The highest BCUT2D eigenvalue weighted by Crippen LogP contribution is 2.30. The number of unbranched alkanes of at least 4 members (excludes halogenated alkanes) is 33. The SMILES string of the molecule is CCCCCCCCCC/C=C/[C@@H](O)[C@H](CO[C@@H]1O[C@H](CO)[C@@H](O[C@@H]2O[C@H](CO)[C@H](O)C(O)C2O)C(O)C1O)NC(=O)CCCCCCCCCCCCCCCCCCCCCCCCCCCC. The second kappa shape index (κ2) is 43.0. The number of aliphatic hydroxyl groups excluding tert-OH is 8. The molecule has 0 bridgehead atoms. The van der Waals surface area contributed by atoms with Crippen molar-refractivity contribution < 1.29 is 64.6 Å². The van der Waals surface area contributed by atoms with Crippen LogP contribution in [0.4, 0.5) is 0 Å². The van der Waals surface area contributed by atoms with Crippen molar-refractivity contribution in [1.82, 2.24) is 5.32 Å². The zero-order valence-corrected chi connectivity index (χ0v) is 44.3. The monoisotopic (exact) mass is 1000 g/mol. The van der Waals surface area contributed by atoms with Crippen LogP contribution in [-0.4, -0.2) is 140 Å². The largest absolute Gasteiger partial charge is 0.394 e. The smallest absolute Gasteiger partial charge is 0.220 e. The van der Waals surface area contributed by atoms with Crippen molar-refractivity contribution in [1.29, 1.82) is 0 Å². The van der Waals surface area contributed by atoms with Gasteiger partial charge in [-0.05, 0) is 19.3 Å². The lowest BCUT2D eigenvalue weighted by atomic mass is 9.97. The minimum absolute atomic E-state index is 0.236. The molecular weight excluding hydrogens is 895 g/mol. The lowest BCUT2D eigenvalue weighted by Gasteiger charge is -2.46. The highest BCUT2D eigenvalue weighted by atomic mass is 16.7. The molecule has 0 aliphatic carbocycles. The number of carbonyl (C=O) groups is 1. The third kappa shape index (κ3) is 29.0. The van der Waals surface area contributed by atoms with E-state index < -0.39 is 86.8 Å². The molecule has 0 aromatic heterocycles. The number of carbonyl (C=O) groups excluding carboxylic acids is 1. The molecule has 70 heavy (non-hydrogen) atoms. The molecule has 2 fully saturated rings. The first-order valence-corrected chi connectivity index (χ1v) is 28.9. The van der Waals surface area contributed by atoms with Crippen LogP contribution < -0.4 is 5.32 Å². The van der Waals surface area contributed by atoms with Gasteiger partial charge in [0, 0.05) is 6.42 Å². The van der Waals surface area contributed by atoms with Crippen molar-refractivity contribution >= 4 is 5.91 Å². The molecule has 2 aliphatic heterocycles. The van der Waals surface area contributed by atoms with E-state index in [1.807, 2.05) is 6.08 Å². The third-order valence-corrected chi connectivity index (χ3v) is 14.5. The van der Waals surface area contributed by atoms with Crippen LogP contribution in [-0.2, 0) is 23.7 Å². The summed E-state index contributed by atoms with van der Waals surface area (Å²) < 4.78 is 22.7. The van der Waals surface area contributed by atoms with Crippen LogP contribution in [0.25, 0.3) is 0 Å². The molecule has 414 valence electrons. The molecule has 0 saturated carbocycles. The Bertz CT molecular complexity index is 1230. The van der Waals surface area contributed by atoms with Crippen molar-refractivity contribution in [3.63, 3.8) is 0 Å². The van der Waals surface area contributed by atoms with E-state index in [0.717, 1.165) is 38.5 Å². The number of aliphatic hydroxyl groups is 8. The predicted octanol–water partition coefficient (Wildman–Crippen LogP) is 9.11. The number of hydrogen-bond acceptors (Lipinski definition) is 13. The Morgan fingerprint density at radius 2 is 0.886 bits per heavy atom.